The zero-order chi connectivity index (χ0) is 13.4. The Kier molecular flexibility index (Phi) is 2.98. The predicted molar refractivity (Wildman–Crippen MR) is 62.7 cm³/mol. The molecule has 2 rings (SSSR count). The van der Waals surface area contributed by atoms with Gasteiger partial charge in [0, 0.05) is 17.8 Å². The lowest BCUT2D eigenvalue weighted by atomic mass is 10.00. The number of fused-ring (bicyclic) bond motifs is 1. The normalized spacial score (nSPS) is 10.9. The molecule has 0 unspecified atom stereocenters. The van der Waals surface area contributed by atoms with Gasteiger partial charge >= 0.3 is 5.97 Å². The van der Waals surface area contributed by atoms with Gasteiger partial charge in [0.1, 0.15) is 11.6 Å². The van der Waals surface area contributed by atoms with Gasteiger partial charge in [-0.1, -0.05) is 6.92 Å². The van der Waals surface area contributed by atoms with Crippen molar-refractivity contribution in [3.05, 3.63) is 40.6 Å². The first kappa shape index (κ1) is 12.4. The Labute approximate surface area is 102 Å². The van der Waals surface area contributed by atoms with Crippen LogP contribution in [0.1, 0.15) is 28.5 Å². The number of halogens is 2. The predicted octanol–water partition coefficient (Wildman–Crippen LogP) is 3.08. The first-order valence-electron chi connectivity index (χ1n) is 5.47. The lowest BCUT2D eigenvalue weighted by molar-refractivity contribution is 0.0697. The molecule has 1 heterocycles. The highest BCUT2D eigenvalue weighted by Gasteiger charge is 2.20. The fourth-order valence-corrected chi connectivity index (χ4v) is 2.07. The average molecular weight is 251 g/mol. The molecule has 94 valence electrons. The lowest BCUT2D eigenvalue weighted by Crippen LogP contribution is -2.08. The van der Waals surface area contributed by atoms with Crippen LogP contribution < -0.4 is 0 Å². The number of hydrogen-bond donors (Lipinski definition) is 1. The standard InChI is InChI=1S/C13H11F2NO2/c1-3-9-6(2)11(13(17)18)12-8(15)4-7(14)5-10(12)16-9/h4-5H,3H2,1-2H3,(H,17,18). The Morgan fingerprint density at radius 3 is 2.61 bits per heavy atom. The molecule has 5 heteroatoms. The minimum Gasteiger partial charge on any atom is -0.478 e. The Hall–Kier alpha value is -2.04. The van der Waals surface area contributed by atoms with Crippen LogP contribution >= 0.6 is 0 Å². The summed E-state index contributed by atoms with van der Waals surface area (Å²) in [6.07, 6.45) is 0.500. The van der Waals surface area contributed by atoms with Crippen LogP contribution in [0.3, 0.4) is 0 Å². The minimum atomic E-state index is -1.24. The van der Waals surface area contributed by atoms with Crippen LogP contribution in [0.15, 0.2) is 12.1 Å². The fourth-order valence-electron chi connectivity index (χ4n) is 2.07. The molecule has 0 bridgehead atoms. The van der Waals surface area contributed by atoms with Gasteiger partial charge in [-0.05, 0) is 18.9 Å². The number of benzene rings is 1. The van der Waals surface area contributed by atoms with Crippen molar-refractivity contribution in [2.45, 2.75) is 20.3 Å². The van der Waals surface area contributed by atoms with E-state index < -0.39 is 17.6 Å². The van der Waals surface area contributed by atoms with Crippen LogP contribution in [0.4, 0.5) is 8.78 Å². The van der Waals surface area contributed by atoms with Crippen LogP contribution in [-0.2, 0) is 6.42 Å². The van der Waals surface area contributed by atoms with Crippen LogP contribution in [0, 0.1) is 18.6 Å². The summed E-state index contributed by atoms with van der Waals surface area (Å²) in [6, 6.07) is 1.71. The number of carboxylic acids is 1. The van der Waals surface area contributed by atoms with E-state index in [0.717, 1.165) is 6.07 Å². The summed E-state index contributed by atoms with van der Waals surface area (Å²) in [5.41, 5.74) is 0.842. The number of aromatic carboxylic acids is 1. The van der Waals surface area contributed by atoms with Crippen molar-refractivity contribution >= 4 is 16.9 Å². The summed E-state index contributed by atoms with van der Waals surface area (Å²) in [4.78, 5) is 15.4. The van der Waals surface area contributed by atoms with E-state index >= 15 is 0 Å². The molecule has 0 atom stereocenters. The molecular formula is C13H11F2NO2. The third kappa shape index (κ3) is 1.81. The van der Waals surface area contributed by atoms with Crippen molar-refractivity contribution < 1.29 is 18.7 Å². The first-order valence-corrected chi connectivity index (χ1v) is 5.47. The summed E-state index contributed by atoms with van der Waals surface area (Å²) in [5, 5.41) is 9.05. The molecule has 0 amide bonds. The van der Waals surface area contributed by atoms with E-state index in [4.69, 9.17) is 0 Å². The quantitative estimate of drug-likeness (QED) is 0.892. The van der Waals surface area contributed by atoms with Gasteiger partial charge in [0.15, 0.2) is 0 Å². The van der Waals surface area contributed by atoms with Gasteiger partial charge in [-0.3, -0.25) is 4.98 Å². The zero-order valence-electron chi connectivity index (χ0n) is 9.92. The van der Waals surface area contributed by atoms with E-state index in [1.165, 1.54) is 0 Å². The molecular weight excluding hydrogens is 240 g/mol. The van der Waals surface area contributed by atoms with Crippen LogP contribution in [-0.4, -0.2) is 16.1 Å². The van der Waals surface area contributed by atoms with Crippen molar-refractivity contribution in [3.63, 3.8) is 0 Å². The topological polar surface area (TPSA) is 50.2 Å². The monoisotopic (exact) mass is 251 g/mol. The number of nitrogens with zero attached hydrogens (tertiary/aromatic N) is 1. The minimum absolute atomic E-state index is 0.0346. The molecule has 0 saturated carbocycles. The molecule has 1 N–H and O–H groups in total. The number of carboxylic acid groups (broad SMARTS) is 1. The SMILES string of the molecule is CCc1nc2cc(F)cc(F)c2c(C(=O)O)c1C. The zero-order valence-corrected chi connectivity index (χ0v) is 9.92. The van der Waals surface area contributed by atoms with Crippen molar-refractivity contribution in [1.82, 2.24) is 4.98 Å². The second-order valence-electron chi connectivity index (χ2n) is 4.00. The molecule has 3 nitrogen and oxygen atoms in total. The number of rotatable bonds is 2. The molecule has 0 fully saturated rings. The van der Waals surface area contributed by atoms with Gasteiger partial charge in [-0.2, -0.15) is 0 Å². The highest BCUT2D eigenvalue weighted by Crippen LogP contribution is 2.26. The Morgan fingerprint density at radius 2 is 2.06 bits per heavy atom. The summed E-state index contributed by atoms with van der Waals surface area (Å²) in [7, 11) is 0. The molecule has 1 aromatic carbocycles. The summed E-state index contributed by atoms with van der Waals surface area (Å²) in [6.45, 7) is 3.39. The largest absolute Gasteiger partial charge is 0.478 e. The Morgan fingerprint density at radius 1 is 1.39 bits per heavy atom. The average Bonchev–Trinajstić information content (AvgIpc) is 2.28. The van der Waals surface area contributed by atoms with E-state index in [2.05, 4.69) is 4.98 Å². The van der Waals surface area contributed by atoms with Crippen molar-refractivity contribution in [2.75, 3.05) is 0 Å². The molecule has 0 aliphatic rings. The molecule has 0 spiro atoms. The van der Waals surface area contributed by atoms with Crippen molar-refractivity contribution in [2.24, 2.45) is 0 Å². The van der Waals surface area contributed by atoms with Crippen molar-refractivity contribution in [1.29, 1.82) is 0 Å². The van der Waals surface area contributed by atoms with Crippen molar-refractivity contribution in [3.8, 4) is 0 Å². The van der Waals surface area contributed by atoms with Gasteiger partial charge in [0.25, 0.3) is 0 Å². The van der Waals surface area contributed by atoms with Crippen LogP contribution in [0.5, 0.6) is 0 Å². The number of hydrogen-bond acceptors (Lipinski definition) is 2. The van der Waals surface area contributed by atoms with E-state index in [1.54, 1.807) is 6.92 Å². The summed E-state index contributed by atoms with van der Waals surface area (Å²) >= 11 is 0. The van der Waals surface area contributed by atoms with Gasteiger partial charge in [-0.15, -0.1) is 0 Å². The second-order valence-corrected chi connectivity index (χ2v) is 4.00. The summed E-state index contributed by atoms with van der Waals surface area (Å²) in [5.74, 6) is -2.91. The van der Waals surface area contributed by atoms with Gasteiger partial charge in [-0.25, -0.2) is 13.6 Å². The number of pyridine rings is 1. The molecule has 0 aliphatic heterocycles. The van der Waals surface area contributed by atoms with E-state index in [1.807, 2.05) is 6.92 Å². The van der Waals surface area contributed by atoms with E-state index in [0.29, 0.717) is 23.7 Å². The van der Waals surface area contributed by atoms with Crippen LogP contribution in [0.2, 0.25) is 0 Å². The Balaban J connectivity index is 3.00. The highest BCUT2D eigenvalue weighted by molar-refractivity contribution is 6.04. The number of carbonyl (C=O) groups is 1. The van der Waals surface area contributed by atoms with Crippen LogP contribution in [0.25, 0.3) is 10.9 Å². The van der Waals surface area contributed by atoms with Gasteiger partial charge < -0.3 is 5.11 Å². The molecule has 0 aliphatic carbocycles. The van der Waals surface area contributed by atoms with E-state index in [9.17, 15) is 18.7 Å². The lowest BCUT2D eigenvalue weighted by Gasteiger charge is -2.11. The second kappa shape index (κ2) is 4.33. The van der Waals surface area contributed by atoms with Gasteiger partial charge in [0.05, 0.1) is 16.5 Å². The molecule has 2 aromatic rings. The maximum absolute atomic E-state index is 13.7. The third-order valence-corrected chi connectivity index (χ3v) is 2.90. The fraction of sp³-hybridized carbons (Fsp3) is 0.231. The number of aryl methyl sites for hydroxylation is 1. The molecule has 0 saturated heterocycles. The first-order chi connectivity index (χ1) is 8.45. The smallest absolute Gasteiger partial charge is 0.336 e. The molecule has 18 heavy (non-hydrogen) atoms. The highest BCUT2D eigenvalue weighted by atomic mass is 19.1. The summed E-state index contributed by atoms with van der Waals surface area (Å²) < 4.78 is 26.9. The molecule has 1 aromatic heterocycles. The molecule has 0 radical (unpaired) electrons. The Bertz CT molecular complexity index is 653. The number of aromatic nitrogens is 1. The van der Waals surface area contributed by atoms with Gasteiger partial charge in [0.2, 0.25) is 0 Å². The third-order valence-electron chi connectivity index (χ3n) is 2.90. The maximum Gasteiger partial charge on any atom is 0.336 e. The van der Waals surface area contributed by atoms with E-state index in [-0.39, 0.29) is 16.5 Å². The maximum atomic E-state index is 13.7.